The van der Waals surface area contributed by atoms with E-state index in [9.17, 15) is 18.4 Å². The third-order valence-corrected chi connectivity index (χ3v) is 4.25. The van der Waals surface area contributed by atoms with Crippen LogP contribution in [0.2, 0.25) is 10.2 Å². The van der Waals surface area contributed by atoms with E-state index in [0.29, 0.717) is 5.69 Å². The van der Waals surface area contributed by atoms with Crippen LogP contribution in [0.15, 0.2) is 18.2 Å². The summed E-state index contributed by atoms with van der Waals surface area (Å²) in [5, 5.41) is 2.27. The van der Waals surface area contributed by atoms with Gasteiger partial charge in [-0.05, 0) is 32.0 Å². The normalized spacial score (nSPS) is 10.6. The number of halogens is 4. The summed E-state index contributed by atoms with van der Waals surface area (Å²) in [4.78, 5) is 28.3. The Kier molecular flexibility index (Phi) is 7.10. The first-order valence-corrected chi connectivity index (χ1v) is 8.72. The van der Waals surface area contributed by atoms with Crippen molar-refractivity contribution in [3.63, 3.8) is 0 Å². The second kappa shape index (κ2) is 9.10. The van der Waals surface area contributed by atoms with E-state index in [1.54, 1.807) is 13.8 Å². The van der Waals surface area contributed by atoms with Crippen molar-refractivity contribution < 1.29 is 23.1 Å². The molecule has 0 fully saturated rings. The summed E-state index contributed by atoms with van der Waals surface area (Å²) in [6.45, 7) is 3.17. The molecule has 144 valence electrons. The van der Waals surface area contributed by atoms with Gasteiger partial charge in [0.25, 0.3) is 0 Å². The van der Waals surface area contributed by atoms with E-state index >= 15 is 0 Å². The number of hydrogen-bond acceptors (Lipinski definition) is 5. The Bertz CT molecular complexity index is 891. The van der Waals surface area contributed by atoms with Crippen LogP contribution in [-0.4, -0.2) is 29.9 Å². The van der Waals surface area contributed by atoms with Gasteiger partial charge in [0.15, 0.2) is 5.78 Å². The molecule has 0 aliphatic heterocycles. The lowest BCUT2D eigenvalue weighted by Crippen LogP contribution is -2.19. The summed E-state index contributed by atoms with van der Waals surface area (Å²) < 4.78 is 32.2. The maximum absolute atomic E-state index is 13.8. The zero-order chi connectivity index (χ0) is 20.1. The molecule has 1 aromatic carbocycles. The Labute approximate surface area is 164 Å². The fourth-order valence-corrected chi connectivity index (χ4v) is 2.89. The second-order valence-corrected chi connectivity index (χ2v) is 6.32. The van der Waals surface area contributed by atoms with Crippen LogP contribution in [-0.2, 0) is 16.0 Å². The maximum atomic E-state index is 13.8. The molecule has 1 heterocycles. The molecule has 0 aliphatic rings. The number of hydrogen-bond donors (Lipinski definition) is 1. The molecule has 2 aromatic rings. The van der Waals surface area contributed by atoms with Gasteiger partial charge in [0.05, 0.1) is 23.9 Å². The summed E-state index contributed by atoms with van der Waals surface area (Å²) in [7, 11) is 0. The third kappa shape index (κ3) is 5.14. The lowest BCUT2D eigenvalue weighted by Gasteiger charge is -2.13. The Balaban J connectivity index is 2.18. The minimum absolute atomic E-state index is 0.00751. The number of aryl methyl sites for hydroxylation is 1. The maximum Gasteiger partial charge on any atom is 0.343 e. The molecule has 0 aliphatic carbocycles. The van der Waals surface area contributed by atoms with E-state index in [4.69, 9.17) is 27.9 Å². The molecular weight excluding hydrogens is 401 g/mol. The molecule has 2 rings (SSSR count). The van der Waals surface area contributed by atoms with Crippen LogP contribution < -0.4 is 5.32 Å². The number of nitrogens with one attached hydrogen (secondary N) is 1. The van der Waals surface area contributed by atoms with Crippen LogP contribution >= 0.6 is 23.2 Å². The quantitative estimate of drug-likeness (QED) is 0.412. The lowest BCUT2D eigenvalue weighted by molar-refractivity contribution is -0.116. The molecule has 5 nitrogen and oxygen atoms in total. The molecule has 0 atom stereocenters. The Morgan fingerprint density at radius 3 is 2.56 bits per heavy atom. The van der Waals surface area contributed by atoms with Gasteiger partial charge < -0.3 is 10.1 Å². The van der Waals surface area contributed by atoms with E-state index in [-0.39, 0.29) is 35.1 Å². The molecule has 0 bridgehead atoms. The molecule has 0 spiro atoms. The number of esters is 1. The number of ketones is 1. The number of carbonyl (C=O) groups excluding carboxylic acids is 2. The van der Waals surface area contributed by atoms with Gasteiger partial charge in [-0.3, -0.25) is 4.79 Å². The Hall–Kier alpha value is -2.25. The molecule has 0 radical (unpaired) electrons. The van der Waals surface area contributed by atoms with Gasteiger partial charge in [-0.15, -0.1) is 0 Å². The van der Waals surface area contributed by atoms with Gasteiger partial charge in [0.2, 0.25) is 0 Å². The Morgan fingerprint density at radius 2 is 1.89 bits per heavy atom. The number of aromatic nitrogens is 1. The minimum atomic E-state index is -0.810. The van der Waals surface area contributed by atoms with E-state index in [0.717, 1.165) is 12.1 Å². The smallest absolute Gasteiger partial charge is 0.343 e. The number of benzene rings is 1. The SMILES string of the molecule is CCOC(=O)c1c(NCC(=O)Cc2c(F)ccc(F)c2Cl)cc(C)nc1Cl. The van der Waals surface area contributed by atoms with Crippen molar-refractivity contribution >= 4 is 40.6 Å². The molecule has 0 amide bonds. The average molecular weight is 417 g/mol. The summed E-state index contributed by atoms with van der Waals surface area (Å²) in [5.41, 5.74) is 0.539. The molecule has 0 saturated heterocycles. The Morgan fingerprint density at radius 1 is 1.22 bits per heavy atom. The van der Waals surface area contributed by atoms with Crippen LogP contribution in [0.3, 0.4) is 0 Å². The zero-order valence-corrected chi connectivity index (χ0v) is 16.0. The summed E-state index contributed by atoms with van der Waals surface area (Å²) in [6.07, 6.45) is -0.415. The van der Waals surface area contributed by atoms with Gasteiger partial charge in [-0.2, -0.15) is 0 Å². The molecule has 27 heavy (non-hydrogen) atoms. The van der Waals surface area contributed by atoms with Crippen LogP contribution in [0.4, 0.5) is 14.5 Å². The molecule has 0 saturated carbocycles. The number of carbonyl (C=O) groups is 2. The fraction of sp³-hybridized carbons (Fsp3) is 0.278. The first-order valence-electron chi connectivity index (χ1n) is 7.96. The molecule has 0 unspecified atom stereocenters. The van der Waals surface area contributed by atoms with E-state index in [2.05, 4.69) is 10.3 Å². The van der Waals surface area contributed by atoms with Crippen molar-refractivity contribution in [3.8, 4) is 0 Å². The number of rotatable bonds is 7. The van der Waals surface area contributed by atoms with Crippen LogP contribution in [0, 0.1) is 18.6 Å². The number of pyridine rings is 1. The minimum Gasteiger partial charge on any atom is -0.462 e. The van der Waals surface area contributed by atoms with Crippen molar-refractivity contribution in [2.75, 3.05) is 18.5 Å². The topological polar surface area (TPSA) is 68.3 Å². The first-order chi connectivity index (χ1) is 12.7. The van der Waals surface area contributed by atoms with Crippen molar-refractivity contribution in [2.24, 2.45) is 0 Å². The number of anilines is 1. The van der Waals surface area contributed by atoms with E-state index < -0.39 is 34.8 Å². The summed E-state index contributed by atoms with van der Waals surface area (Å²) in [6, 6.07) is 3.32. The fourth-order valence-electron chi connectivity index (χ4n) is 2.36. The van der Waals surface area contributed by atoms with Crippen LogP contribution in [0.25, 0.3) is 0 Å². The predicted octanol–water partition coefficient (Wildman–Crippen LogP) is 4.38. The highest BCUT2D eigenvalue weighted by atomic mass is 35.5. The van der Waals surface area contributed by atoms with Gasteiger partial charge in [0, 0.05) is 17.7 Å². The van der Waals surface area contributed by atoms with E-state index in [1.165, 1.54) is 6.07 Å². The largest absolute Gasteiger partial charge is 0.462 e. The van der Waals surface area contributed by atoms with Crippen molar-refractivity contribution in [3.05, 3.63) is 56.8 Å². The standard InChI is InChI=1S/C18H16Cl2F2N2O3/c1-3-27-18(26)15-14(6-9(2)24-17(15)20)23-8-10(25)7-11-12(21)4-5-13(22)16(11)19/h4-6H,3,7-8H2,1-2H3,(H,23,24). The van der Waals surface area contributed by atoms with Gasteiger partial charge in [-0.1, -0.05) is 23.2 Å². The average Bonchev–Trinajstić information content (AvgIpc) is 2.60. The molecule has 1 N–H and O–H groups in total. The molecular formula is C18H16Cl2F2N2O3. The first kappa shape index (κ1) is 21.1. The van der Waals surface area contributed by atoms with E-state index in [1.807, 2.05) is 0 Å². The monoisotopic (exact) mass is 416 g/mol. The predicted molar refractivity (Wildman–Crippen MR) is 98.5 cm³/mol. The highest BCUT2D eigenvalue weighted by Crippen LogP contribution is 2.26. The second-order valence-electron chi connectivity index (χ2n) is 5.59. The summed E-state index contributed by atoms with van der Waals surface area (Å²) >= 11 is 11.8. The van der Waals surface area contributed by atoms with Crippen LogP contribution in [0.5, 0.6) is 0 Å². The number of Topliss-reactive ketones (excluding diaryl/α,β-unsaturated/α-hetero) is 1. The third-order valence-electron chi connectivity index (χ3n) is 3.57. The number of ether oxygens (including phenoxy) is 1. The summed E-state index contributed by atoms with van der Waals surface area (Å²) in [5.74, 6) is -2.74. The van der Waals surface area contributed by atoms with Crippen LogP contribution in [0.1, 0.15) is 28.5 Å². The lowest BCUT2D eigenvalue weighted by atomic mass is 10.1. The number of nitrogens with zero attached hydrogens (tertiary/aromatic N) is 1. The van der Waals surface area contributed by atoms with Gasteiger partial charge in [0.1, 0.15) is 22.4 Å². The highest BCUT2D eigenvalue weighted by molar-refractivity contribution is 6.33. The highest BCUT2D eigenvalue weighted by Gasteiger charge is 2.20. The van der Waals surface area contributed by atoms with Gasteiger partial charge in [-0.25, -0.2) is 18.6 Å². The van der Waals surface area contributed by atoms with Crippen molar-refractivity contribution in [1.82, 2.24) is 4.98 Å². The van der Waals surface area contributed by atoms with Gasteiger partial charge >= 0.3 is 5.97 Å². The van der Waals surface area contributed by atoms with Crippen molar-refractivity contribution in [1.29, 1.82) is 0 Å². The van der Waals surface area contributed by atoms with Crippen molar-refractivity contribution in [2.45, 2.75) is 20.3 Å². The molecule has 9 heteroatoms. The zero-order valence-electron chi connectivity index (χ0n) is 14.5. The molecule has 1 aromatic heterocycles.